The second kappa shape index (κ2) is 6.05. The Balaban J connectivity index is 2.59. The van der Waals surface area contributed by atoms with Crippen molar-refractivity contribution in [2.24, 2.45) is 0 Å². The molecule has 1 N–H and O–H groups in total. The van der Waals surface area contributed by atoms with Gasteiger partial charge < -0.3 is 5.11 Å². The van der Waals surface area contributed by atoms with Gasteiger partial charge in [-0.25, -0.2) is 0 Å². The summed E-state index contributed by atoms with van der Waals surface area (Å²) in [7, 11) is 0. The van der Waals surface area contributed by atoms with Crippen LogP contribution in [-0.4, -0.2) is 11.0 Å². The first-order valence-electron chi connectivity index (χ1n) is 5.10. The van der Waals surface area contributed by atoms with E-state index in [4.69, 9.17) is 11.6 Å². The van der Waals surface area contributed by atoms with E-state index in [-0.39, 0.29) is 6.10 Å². The molecule has 2 heteroatoms. The molecule has 0 fully saturated rings. The van der Waals surface area contributed by atoms with Gasteiger partial charge in [-0.1, -0.05) is 31.2 Å². The van der Waals surface area contributed by atoms with Gasteiger partial charge in [-0.05, 0) is 30.4 Å². The van der Waals surface area contributed by atoms with E-state index >= 15 is 0 Å². The van der Waals surface area contributed by atoms with Crippen molar-refractivity contribution in [3.05, 3.63) is 35.4 Å². The minimum absolute atomic E-state index is 0.322. The molecule has 0 saturated carbocycles. The van der Waals surface area contributed by atoms with Crippen LogP contribution >= 0.6 is 11.6 Å². The summed E-state index contributed by atoms with van der Waals surface area (Å²) < 4.78 is 0. The van der Waals surface area contributed by atoms with Crippen molar-refractivity contribution in [3.63, 3.8) is 0 Å². The summed E-state index contributed by atoms with van der Waals surface area (Å²) in [6, 6.07) is 8.14. The van der Waals surface area contributed by atoms with Crippen LogP contribution in [0.15, 0.2) is 24.3 Å². The Hall–Kier alpha value is -0.530. The molecule has 14 heavy (non-hydrogen) atoms. The van der Waals surface area contributed by atoms with Crippen molar-refractivity contribution < 1.29 is 5.11 Å². The lowest BCUT2D eigenvalue weighted by Crippen LogP contribution is -1.95. The summed E-state index contributed by atoms with van der Waals surface area (Å²) in [5, 5.41) is 9.58. The zero-order valence-corrected chi connectivity index (χ0v) is 9.30. The Kier molecular flexibility index (Phi) is 4.99. The molecule has 0 radical (unpaired) electrons. The maximum Gasteiger partial charge on any atom is 0.0787 e. The summed E-state index contributed by atoms with van der Waals surface area (Å²) in [4.78, 5) is 0. The minimum atomic E-state index is -0.322. The lowest BCUT2D eigenvalue weighted by molar-refractivity contribution is 0.173. The van der Waals surface area contributed by atoms with Crippen molar-refractivity contribution in [2.45, 2.75) is 32.3 Å². The highest BCUT2D eigenvalue weighted by molar-refractivity contribution is 6.17. The van der Waals surface area contributed by atoms with Gasteiger partial charge >= 0.3 is 0 Å². The standard InChI is InChI=1S/C12H17ClO/c1-2-12(14)11-7-5-10(6-8-11)4-3-9-13/h5-8,12,14H,2-4,9H2,1H3. The highest BCUT2D eigenvalue weighted by Gasteiger charge is 2.03. The van der Waals surface area contributed by atoms with E-state index < -0.39 is 0 Å². The fourth-order valence-corrected chi connectivity index (χ4v) is 1.55. The summed E-state index contributed by atoms with van der Waals surface area (Å²) in [6.07, 6.45) is 2.47. The number of hydrogen-bond donors (Lipinski definition) is 1. The van der Waals surface area contributed by atoms with Crippen LogP contribution in [0.2, 0.25) is 0 Å². The number of benzene rings is 1. The number of alkyl halides is 1. The molecular weight excluding hydrogens is 196 g/mol. The highest BCUT2D eigenvalue weighted by atomic mass is 35.5. The van der Waals surface area contributed by atoms with Gasteiger partial charge in [0, 0.05) is 5.88 Å². The normalized spacial score (nSPS) is 12.8. The average Bonchev–Trinajstić information content (AvgIpc) is 2.26. The summed E-state index contributed by atoms with van der Waals surface area (Å²) in [5.41, 5.74) is 2.29. The smallest absolute Gasteiger partial charge is 0.0787 e. The fourth-order valence-electron chi connectivity index (χ4n) is 1.41. The van der Waals surface area contributed by atoms with Crippen LogP contribution in [0, 0.1) is 0 Å². The van der Waals surface area contributed by atoms with Crippen molar-refractivity contribution in [3.8, 4) is 0 Å². The van der Waals surface area contributed by atoms with Gasteiger partial charge in [0.25, 0.3) is 0 Å². The first-order chi connectivity index (χ1) is 6.77. The lowest BCUT2D eigenvalue weighted by Gasteiger charge is -2.08. The lowest BCUT2D eigenvalue weighted by atomic mass is 10.0. The second-order valence-corrected chi connectivity index (χ2v) is 3.84. The topological polar surface area (TPSA) is 20.2 Å². The van der Waals surface area contributed by atoms with E-state index in [1.165, 1.54) is 5.56 Å². The first-order valence-corrected chi connectivity index (χ1v) is 5.64. The molecule has 1 unspecified atom stereocenters. The van der Waals surface area contributed by atoms with E-state index in [2.05, 4.69) is 12.1 Å². The Morgan fingerprint density at radius 2 is 1.93 bits per heavy atom. The van der Waals surface area contributed by atoms with E-state index in [1.54, 1.807) is 0 Å². The highest BCUT2D eigenvalue weighted by Crippen LogP contribution is 2.17. The Bertz CT molecular complexity index is 256. The molecule has 0 aliphatic heterocycles. The van der Waals surface area contributed by atoms with E-state index in [9.17, 15) is 5.11 Å². The molecule has 0 aliphatic rings. The summed E-state index contributed by atoms with van der Waals surface area (Å²) in [5.74, 6) is 0.708. The molecule has 0 aromatic heterocycles. The van der Waals surface area contributed by atoms with Gasteiger partial charge in [-0.15, -0.1) is 11.6 Å². The maximum atomic E-state index is 9.58. The van der Waals surface area contributed by atoms with Gasteiger partial charge in [0.1, 0.15) is 0 Å². The quantitative estimate of drug-likeness (QED) is 0.743. The van der Waals surface area contributed by atoms with Crippen LogP contribution in [-0.2, 0) is 6.42 Å². The van der Waals surface area contributed by atoms with Crippen LogP contribution in [0.25, 0.3) is 0 Å². The summed E-state index contributed by atoms with van der Waals surface area (Å²) in [6.45, 7) is 1.98. The molecule has 1 aromatic carbocycles. The van der Waals surface area contributed by atoms with Crippen LogP contribution in [0.3, 0.4) is 0 Å². The largest absolute Gasteiger partial charge is 0.388 e. The van der Waals surface area contributed by atoms with E-state index in [0.717, 1.165) is 24.8 Å². The second-order valence-electron chi connectivity index (χ2n) is 3.46. The third kappa shape index (κ3) is 3.32. The van der Waals surface area contributed by atoms with Crippen LogP contribution in [0.5, 0.6) is 0 Å². The van der Waals surface area contributed by atoms with E-state index in [0.29, 0.717) is 5.88 Å². The number of halogens is 1. The molecule has 0 saturated heterocycles. The molecule has 0 amide bonds. The molecule has 0 aliphatic carbocycles. The number of rotatable bonds is 5. The third-order valence-corrected chi connectivity index (χ3v) is 2.62. The molecular formula is C12H17ClO. The van der Waals surface area contributed by atoms with Crippen molar-refractivity contribution in [1.82, 2.24) is 0 Å². The van der Waals surface area contributed by atoms with Crippen molar-refractivity contribution in [2.75, 3.05) is 5.88 Å². The maximum absolute atomic E-state index is 9.58. The molecule has 0 heterocycles. The van der Waals surface area contributed by atoms with E-state index in [1.807, 2.05) is 19.1 Å². The van der Waals surface area contributed by atoms with Crippen LogP contribution < -0.4 is 0 Å². The third-order valence-electron chi connectivity index (χ3n) is 2.35. The summed E-state index contributed by atoms with van der Waals surface area (Å²) >= 11 is 5.62. The number of aliphatic hydroxyl groups excluding tert-OH is 1. The number of hydrogen-bond acceptors (Lipinski definition) is 1. The van der Waals surface area contributed by atoms with Gasteiger partial charge in [0.05, 0.1) is 6.10 Å². The van der Waals surface area contributed by atoms with Gasteiger partial charge in [-0.3, -0.25) is 0 Å². The fraction of sp³-hybridized carbons (Fsp3) is 0.500. The Morgan fingerprint density at radius 3 is 2.43 bits per heavy atom. The molecule has 0 bridgehead atoms. The van der Waals surface area contributed by atoms with Crippen molar-refractivity contribution >= 4 is 11.6 Å². The monoisotopic (exact) mass is 212 g/mol. The van der Waals surface area contributed by atoms with Crippen LogP contribution in [0.4, 0.5) is 0 Å². The Labute approximate surface area is 90.7 Å². The molecule has 1 aromatic rings. The first kappa shape index (κ1) is 11.5. The Morgan fingerprint density at radius 1 is 1.29 bits per heavy atom. The zero-order chi connectivity index (χ0) is 10.4. The van der Waals surface area contributed by atoms with Crippen LogP contribution in [0.1, 0.15) is 37.0 Å². The molecule has 1 atom stereocenters. The SMILES string of the molecule is CCC(O)c1ccc(CCCCl)cc1. The zero-order valence-electron chi connectivity index (χ0n) is 8.54. The number of aryl methyl sites for hydroxylation is 1. The predicted molar refractivity (Wildman–Crippen MR) is 60.7 cm³/mol. The van der Waals surface area contributed by atoms with Gasteiger partial charge in [0.15, 0.2) is 0 Å². The average molecular weight is 213 g/mol. The number of aliphatic hydroxyl groups is 1. The van der Waals surface area contributed by atoms with Gasteiger partial charge in [0.2, 0.25) is 0 Å². The molecule has 78 valence electrons. The molecule has 1 rings (SSSR count). The van der Waals surface area contributed by atoms with Gasteiger partial charge in [-0.2, -0.15) is 0 Å². The molecule has 0 spiro atoms. The van der Waals surface area contributed by atoms with Crippen molar-refractivity contribution in [1.29, 1.82) is 0 Å². The molecule has 1 nitrogen and oxygen atoms in total. The predicted octanol–water partition coefficient (Wildman–Crippen LogP) is 3.30. The minimum Gasteiger partial charge on any atom is -0.388 e.